The van der Waals surface area contributed by atoms with Crippen molar-refractivity contribution < 1.29 is 19.1 Å². The van der Waals surface area contributed by atoms with Crippen molar-refractivity contribution in [3.8, 4) is 0 Å². The lowest BCUT2D eigenvalue weighted by Crippen LogP contribution is -2.26. The average molecular weight is 220 g/mol. The lowest BCUT2D eigenvalue weighted by atomic mass is 10.0. The van der Waals surface area contributed by atoms with E-state index in [1.165, 1.54) is 26.6 Å². The zero-order chi connectivity index (χ0) is 11.7. The maximum atomic E-state index is 11.8. The highest BCUT2D eigenvalue weighted by Crippen LogP contribution is 2.23. The number of ether oxygens (including phenoxy) is 2. The summed E-state index contributed by atoms with van der Waals surface area (Å²) in [5.74, 6) is -1.27. The Labute approximate surface area is 90.9 Å². The maximum Gasteiger partial charge on any atom is 0.252 e. The second-order valence-corrected chi connectivity index (χ2v) is 2.98. The number of hydrogen-bond donors (Lipinski definition) is 0. The first-order valence-electron chi connectivity index (χ1n) is 4.43. The van der Waals surface area contributed by atoms with Crippen LogP contribution in [-0.4, -0.2) is 35.8 Å². The molecule has 0 radical (unpaired) electrons. The molecule has 1 heterocycles. The summed E-state index contributed by atoms with van der Waals surface area (Å²) in [4.78, 5) is 31.3. The quantitative estimate of drug-likeness (QED) is 0.716. The fraction of sp³-hybridized carbons (Fsp3) is 0.200. The molecule has 2 rings (SSSR count). The van der Waals surface area contributed by atoms with E-state index >= 15 is 0 Å². The Hall–Kier alpha value is -2.24. The van der Waals surface area contributed by atoms with Crippen LogP contribution in [0, 0.1) is 0 Å². The molecule has 0 bridgehead atoms. The summed E-state index contributed by atoms with van der Waals surface area (Å²) in [7, 11) is 2.59. The second kappa shape index (κ2) is 3.73. The van der Waals surface area contributed by atoms with Gasteiger partial charge in [-0.1, -0.05) is 0 Å². The van der Waals surface area contributed by atoms with Gasteiger partial charge in [-0.2, -0.15) is 0 Å². The zero-order valence-corrected chi connectivity index (χ0v) is 8.68. The minimum Gasteiger partial charge on any atom is -0.489 e. The van der Waals surface area contributed by atoms with Gasteiger partial charge in [-0.05, 0) is 0 Å². The number of carbonyl (C=O) groups is 2. The molecule has 0 fully saturated rings. The highest BCUT2D eigenvalue weighted by Gasteiger charge is 2.36. The molecule has 0 saturated heterocycles. The Bertz CT molecular complexity index is 462. The molecular formula is C10H8N2O4. The summed E-state index contributed by atoms with van der Waals surface area (Å²) in [5.41, 5.74) is -0.0182. The molecule has 0 amide bonds. The van der Waals surface area contributed by atoms with E-state index in [4.69, 9.17) is 9.47 Å². The minimum atomic E-state index is -0.498. The van der Waals surface area contributed by atoms with Crippen LogP contribution >= 0.6 is 0 Å². The Kier molecular flexibility index (Phi) is 2.40. The first-order valence-corrected chi connectivity index (χ1v) is 4.43. The number of Topliss-reactive ketones (excluding diaryl/α,β-unsaturated/α-hetero) is 2. The Morgan fingerprint density at radius 3 is 1.56 bits per heavy atom. The maximum absolute atomic E-state index is 11.8. The topological polar surface area (TPSA) is 78.4 Å². The molecule has 0 aromatic carbocycles. The predicted molar refractivity (Wildman–Crippen MR) is 51.7 cm³/mol. The van der Waals surface area contributed by atoms with Gasteiger partial charge in [0.2, 0.25) is 11.5 Å². The number of aromatic nitrogens is 2. The van der Waals surface area contributed by atoms with Crippen LogP contribution in [0.25, 0.3) is 0 Å². The molecule has 1 aliphatic rings. The van der Waals surface area contributed by atoms with E-state index in [0.29, 0.717) is 0 Å². The first-order chi connectivity index (χ1) is 7.70. The number of nitrogens with zero attached hydrogens (tertiary/aromatic N) is 2. The fourth-order valence-electron chi connectivity index (χ4n) is 1.46. The summed E-state index contributed by atoms with van der Waals surface area (Å²) in [5, 5.41) is 0. The van der Waals surface area contributed by atoms with E-state index in [1.807, 2.05) is 0 Å². The molecule has 6 nitrogen and oxygen atoms in total. The van der Waals surface area contributed by atoms with Crippen molar-refractivity contribution in [1.29, 1.82) is 0 Å². The Balaban J connectivity index is 2.67. The molecular weight excluding hydrogens is 212 g/mol. The van der Waals surface area contributed by atoms with Crippen LogP contribution in [0.15, 0.2) is 23.9 Å². The van der Waals surface area contributed by atoms with E-state index in [-0.39, 0.29) is 22.9 Å². The molecule has 82 valence electrons. The molecule has 6 heteroatoms. The number of allylic oxidation sites excluding steroid dienone is 2. The number of methoxy groups -OCH3 is 2. The van der Waals surface area contributed by atoms with Crippen LogP contribution in [-0.2, 0) is 9.47 Å². The van der Waals surface area contributed by atoms with Crippen molar-refractivity contribution in [3.05, 3.63) is 35.3 Å². The first kappa shape index (κ1) is 10.3. The lowest BCUT2D eigenvalue weighted by Gasteiger charge is -2.16. The molecule has 0 atom stereocenters. The molecule has 0 unspecified atom stereocenters. The van der Waals surface area contributed by atoms with Gasteiger partial charge < -0.3 is 9.47 Å². The third-order valence-corrected chi connectivity index (χ3v) is 2.16. The Morgan fingerprint density at radius 2 is 1.25 bits per heavy atom. The van der Waals surface area contributed by atoms with Gasteiger partial charge in [0.05, 0.1) is 14.2 Å². The van der Waals surface area contributed by atoms with Crippen molar-refractivity contribution in [3.63, 3.8) is 0 Å². The number of rotatable bonds is 2. The molecule has 0 aliphatic heterocycles. The van der Waals surface area contributed by atoms with Gasteiger partial charge in [0.25, 0.3) is 11.6 Å². The summed E-state index contributed by atoms with van der Waals surface area (Å²) in [6.45, 7) is 0. The summed E-state index contributed by atoms with van der Waals surface area (Å²) >= 11 is 0. The number of ketones is 2. The number of hydrogen-bond acceptors (Lipinski definition) is 6. The van der Waals surface area contributed by atoms with Crippen LogP contribution < -0.4 is 0 Å². The third kappa shape index (κ3) is 1.27. The van der Waals surface area contributed by atoms with Gasteiger partial charge >= 0.3 is 0 Å². The SMILES string of the molecule is COC1=C(OC)C(=O)c2nccnc2C1=O. The molecule has 1 aromatic heterocycles. The van der Waals surface area contributed by atoms with Crippen molar-refractivity contribution in [2.75, 3.05) is 14.2 Å². The summed E-state index contributed by atoms with van der Waals surface area (Å²) < 4.78 is 9.70. The van der Waals surface area contributed by atoms with Crippen molar-refractivity contribution in [2.24, 2.45) is 0 Å². The van der Waals surface area contributed by atoms with Crippen LogP contribution in [0.5, 0.6) is 0 Å². The molecule has 0 spiro atoms. The van der Waals surface area contributed by atoms with E-state index in [0.717, 1.165) is 0 Å². The van der Waals surface area contributed by atoms with E-state index in [2.05, 4.69) is 9.97 Å². The van der Waals surface area contributed by atoms with Crippen molar-refractivity contribution >= 4 is 11.6 Å². The highest BCUT2D eigenvalue weighted by molar-refractivity contribution is 6.23. The van der Waals surface area contributed by atoms with Gasteiger partial charge in [0, 0.05) is 12.4 Å². The van der Waals surface area contributed by atoms with Crippen molar-refractivity contribution in [1.82, 2.24) is 9.97 Å². The minimum absolute atomic E-state index is 0.00912. The van der Waals surface area contributed by atoms with E-state index in [9.17, 15) is 9.59 Å². The van der Waals surface area contributed by atoms with Crippen molar-refractivity contribution in [2.45, 2.75) is 0 Å². The monoisotopic (exact) mass is 220 g/mol. The smallest absolute Gasteiger partial charge is 0.252 e. The van der Waals surface area contributed by atoms with E-state index < -0.39 is 11.6 Å². The van der Waals surface area contributed by atoms with Gasteiger partial charge in [0.15, 0.2) is 0 Å². The van der Waals surface area contributed by atoms with Gasteiger partial charge in [-0.25, -0.2) is 9.97 Å². The lowest BCUT2D eigenvalue weighted by molar-refractivity contribution is 0.0821. The third-order valence-electron chi connectivity index (χ3n) is 2.16. The highest BCUT2D eigenvalue weighted by atomic mass is 16.5. The van der Waals surface area contributed by atoms with Crippen LogP contribution in [0.1, 0.15) is 21.0 Å². The molecule has 16 heavy (non-hydrogen) atoms. The van der Waals surface area contributed by atoms with Gasteiger partial charge in [0.1, 0.15) is 11.4 Å². The molecule has 0 N–H and O–H groups in total. The standard InChI is InChI=1S/C10H8N2O4/c1-15-9-7(13)5-6(12-4-3-11-5)8(14)10(9)16-2/h3-4H,1-2H3. The molecule has 0 saturated carbocycles. The van der Waals surface area contributed by atoms with Crippen LogP contribution in [0.3, 0.4) is 0 Å². The average Bonchev–Trinajstić information content (AvgIpc) is 2.33. The largest absolute Gasteiger partial charge is 0.489 e. The van der Waals surface area contributed by atoms with E-state index in [1.54, 1.807) is 0 Å². The van der Waals surface area contributed by atoms with Gasteiger partial charge in [-0.15, -0.1) is 0 Å². The summed E-state index contributed by atoms with van der Waals surface area (Å²) in [6, 6.07) is 0. The second-order valence-electron chi connectivity index (χ2n) is 2.98. The summed E-state index contributed by atoms with van der Waals surface area (Å²) in [6.07, 6.45) is 2.68. The Morgan fingerprint density at radius 1 is 0.875 bits per heavy atom. The number of fused-ring (bicyclic) bond motifs is 1. The predicted octanol–water partition coefficient (Wildman–Crippen LogP) is 0.360. The molecule has 1 aliphatic carbocycles. The zero-order valence-electron chi connectivity index (χ0n) is 8.68. The fourth-order valence-corrected chi connectivity index (χ4v) is 1.46. The van der Waals surface area contributed by atoms with Crippen LogP contribution in [0.2, 0.25) is 0 Å². The molecule has 1 aromatic rings. The van der Waals surface area contributed by atoms with Gasteiger partial charge in [-0.3, -0.25) is 9.59 Å². The number of carbonyl (C=O) groups excluding carboxylic acids is 2. The van der Waals surface area contributed by atoms with Crippen LogP contribution in [0.4, 0.5) is 0 Å². The normalized spacial score (nSPS) is 14.9.